The van der Waals surface area contributed by atoms with Crippen LogP contribution in [0.2, 0.25) is 0 Å². The fourth-order valence-corrected chi connectivity index (χ4v) is 2.55. The molecule has 0 atom stereocenters. The molecule has 0 aliphatic heterocycles. The van der Waals surface area contributed by atoms with Gasteiger partial charge in [-0.2, -0.15) is 0 Å². The highest BCUT2D eigenvalue weighted by Crippen LogP contribution is 2.25. The lowest BCUT2D eigenvalue weighted by Gasteiger charge is -2.07. The van der Waals surface area contributed by atoms with Crippen LogP contribution in [0.1, 0.15) is 23.9 Å². The molecule has 0 fully saturated rings. The molecule has 1 heterocycles. The van der Waals surface area contributed by atoms with E-state index in [9.17, 15) is 5.11 Å². The maximum Gasteiger partial charge on any atom is 0.226 e. The molecule has 24 heavy (non-hydrogen) atoms. The summed E-state index contributed by atoms with van der Waals surface area (Å²) in [6, 6.07) is 14.9. The Morgan fingerprint density at radius 1 is 1.12 bits per heavy atom. The van der Waals surface area contributed by atoms with E-state index in [0.717, 1.165) is 28.3 Å². The van der Waals surface area contributed by atoms with E-state index in [2.05, 4.69) is 4.98 Å². The summed E-state index contributed by atoms with van der Waals surface area (Å²) < 4.78 is 11.5. The number of benzene rings is 2. The Balaban J connectivity index is 1.64. The average Bonchev–Trinajstić information content (AvgIpc) is 2.98. The third-order valence-corrected chi connectivity index (χ3v) is 3.93. The molecule has 1 radical (unpaired) electrons. The molecular formula is C20H20NO3. The number of hydrogen-bond donors (Lipinski definition) is 0. The van der Waals surface area contributed by atoms with Crippen LogP contribution < -0.4 is 4.74 Å². The zero-order chi connectivity index (χ0) is 16.9. The Hall–Kier alpha value is -2.75. The summed E-state index contributed by atoms with van der Waals surface area (Å²) in [4.78, 5) is 4.56. The Bertz CT molecular complexity index is 809. The highest BCUT2D eigenvalue weighted by molar-refractivity contribution is 5.53. The van der Waals surface area contributed by atoms with Crippen molar-refractivity contribution in [3.63, 3.8) is 0 Å². The zero-order valence-electron chi connectivity index (χ0n) is 13.9. The second kappa shape index (κ2) is 7.21. The molecule has 4 heteroatoms. The molecule has 0 spiro atoms. The van der Waals surface area contributed by atoms with E-state index in [1.54, 1.807) is 12.1 Å². The molecule has 0 saturated carbocycles. The van der Waals surface area contributed by atoms with Crippen molar-refractivity contribution in [3.05, 3.63) is 65.5 Å². The van der Waals surface area contributed by atoms with Gasteiger partial charge in [-0.25, -0.2) is 4.98 Å². The van der Waals surface area contributed by atoms with Crippen molar-refractivity contribution >= 4 is 0 Å². The molecule has 4 nitrogen and oxygen atoms in total. The highest BCUT2D eigenvalue weighted by Gasteiger charge is 2.11. The smallest absolute Gasteiger partial charge is 0.226 e. The summed E-state index contributed by atoms with van der Waals surface area (Å²) in [5, 5.41) is 11.6. The van der Waals surface area contributed by atoms with E-state index in [1.807, 2.05) is 50.2 Å². The largest absolute Gasteiger partial charge is 0.493 e. The molecule has 0 aliphatic carbocycles. The highest BCUT2D eigenvalue weighted by atomic mass is 16.5. The molecule has 0 bridgehead atoms. The summed E-state index contributed by atoms with van der Waals surface area (Å²) in [6.07, 6.45) is 1.36. The number of aromatic nitrogens is 1. The van der Waals surface area contributed by atoms with Crippen LogP contribution in [0.4, 0.5) is 0 Å². The Labute approximate surface area is 141 Å². The fourth-order valence-electron chi connectivity index (χ4n) is 2.55. The van der Waals surface area contributed by atoms with Gasteiger partial charge in [0.15, 0.2) is 5.75 Å². The van der Waals surface area contributed by atoms with Crippen molar-refractivity contribution in [2.24, 2.45) is 0 Å². The minimum absolute atomic E-state index is 0.0599. The van der Waals surface area contributed by atoms with Gasteiger partial charge in [0.1, 0.15) is 11.5 Å². The fraction of sp³-hybridized carbons (Fsp3) is 0.250. The Kier molecular flexibility index (Phi) is 4.85. The number of ether oxygens (including phenoxy) is 1. The van der Waals surface area contributed by atoms with Crippen molar-refractivity contribution in [1.29, 1.82) is 0 Å². The van der Waals surface area contributed by atoms with Crippen LogP contribution in [0.15, 0.2) is 52.9 Å². The standard InChI is InChI=1S/C20H20NO3/c1-3-15-13-17(9-10-19(15)22)23-12-11-18-14(2)24-20(21-18)16-7-5-4-6-8-16/h4-10,13H,3,11-12H2,1-2H3. The third kappa shape index (κ3) is 3.59. The number of oxazole rings is 1. The van der Waals surface area contributed by atoms with E-state index in [1.165, 1.54) is 0 Å². The molecule has 3 aromatic rings. The molecule has 1 aromatic heterocycles. The Morgan fingerprint density at radius 2 is 1.92 bits per heavy atom. The SMILES string of the molecule is CCc1cc(OCCc2nc(-c3ccccc3)oc2C)ccc1[O]. The Morgan fingerprint density at radius 3 is 2.67 bits per heavy atom. The minimum atomic E-state index is 0.0599. The molecule has 0 N–H and O–H groups in total. The van der Waals surface area contributed by atoms with Crippen LogP contribution in [0, 0.1) is 6.92 Å². The van der Waals surface area contributed by atoms with Gasteiger partial charge in [-0.05, 0) is 43.7 Å². The van der Waals surface area contributed by atoms with E-state index < -0.39 is 0 Å². The topological polar surface area (TPSA) is 55.2 Å². The average molecular weight is 322 g/mol. The van der Waals surface area contributed by atoms with Gasteiger partial charge in [-0.1, -0.05) is 25.1 Å². The van der Waals surface area contributed by atoms with Gasteiger partial charge in [0.25, 0.3) is 0 Å². The maximum absolute atomic E-state index is 11.6. The lowest BCUT2D eigenvalue weighted by Crippen LogP contribution is -2.03. The lowest BCUT2D eigenvalue weighted by molar-refractivity contribution is 0.316. The van der Waals surface area contributed by atoms with Crippen LogP contribution in [0.3, 0.4) is 0 Å². The van der Waals surface area contributed by atoms with Crippen LogP contribution in [-0.2, 0) is 17.9 Å². The van der Waals surface area contributed by atoms with Gasteiger partial charge in [0.05, 0.1) is 12.3 Å². The summed E-state index contributed by atoms with van der Waals surface area (Å²) in [5.74, 6) is 2.22. The number of aryl methyl sites for hydroxylation is 2. The predicted octanol–water partition coefficient (Wildman–Crippen LogP) is 4.98. The molecule has 0 saturated heterocycles. The number of hydrogen-bond acceptors (Lipinski definition) is 3. The molecule has 0 unspecified atom stereocenters. The predicted molar refractivity (Wildman–Crippen MR) is 91.8 cm³/mol. The molecule has 123 valence electrons. The summed E-state index contributed by atoms with van der Waals surface area (Å²) in [7, 11) is 0. The van der Waals surface area contributed by atoms with Crippen molar-refractivity contribution < 1.29 is 14.3 Å². The summed E-state index contributed by atoms with van der Waals surface area (Å²) in [6.45, 7) is 4.36. The minimum Gasteiger partial charge on any atom is -0.493 e. The van der Waals surface area contributed by atoms with Gasteiger partial charge in [0.2, 0.25) is 5.89 Å². The first-order valence-corrected chi connectivity index (χ1v) is 8.12. The van der Waals surface area contributed by atoms with Gasteiger partial charge in [-0.15, -0.1) is 0 Å². The van der Waals surface area contributed by atoms with Crippen molar-refractivity contribution in [3.8, 4) is 23.0 Å². The first-order chi connectivity index (χ1) is 11.7. The number of nitrogens with zero attached hydrogens (tertiary/aromatic N) is 1. The normalized spacial score (nSPS) is 10.8. The lowest BCUT2D eigenvalue weighted by atomic mass is 10.1. The van der Waals surface area contributed by atoms with Crippen molar-refractivity contribution in [2.45, 2.75) is 26.7 Å². The second-order valence-electron chi connectivity index (χ2n) is 5.61. The van der Waals surface area contributed by atoms with Crippen LogP contribution in [-0.4, -0.2) is 11.6 Å². The van der Waals surface area contributed by atoms with Crippen LogP contribution >= 0.6 is 0 Å². The van der Waals surface area contributed by atoms with E-state index >= 15 is 0 Å². The maximum atomic E-state index is 11.6. The quantitative estimate of drug-likeness (QED) is 0.643. The molecule has 2 aromatic carbocycles. The van der Waals surface area contributed by atoms with Gasteiger partial charge >= 0.3 is 0 Å². The summed E-state index contributed by atoms with van der Waals surface area (Å²) in [5.41, 5.74) is 2.63. The molecule has 3 rings (SSSR count). The monoisotopic (exact) mass is 322 g/mol. The van der Waals surface area contributed by atoms with E-state index in [0.29, 0.717) is 25.3 Å². The van der Waals surface area contributed by atoms with Crippen LogP contribution in [0.25, 0.3) is 11.5 Å². The van der Waals surface area contributed by atoms with Crippen molar-refractivity contribution in [2.75, 3.05) is 6.61 Å². The second-order valence-corrected chi connectivity index (χ2v) is 5.61. The molecular weight excluding hydrogens is 302 g/mol. The van der Waals surface area contributed by atoms with Gasteiger partial charge in [0, 0.05) is 17.5 Å². The molecule has 0 amide bonds. The zero-order valence-corrected chi connectivity index (χ0v) is 13.9. The number of rotatable bonds is 6. The molecule has 0 aliphatic rings. The van der Waals surface area contributed by atoms with Crippen LogP contribution in [0.5, 0.6) is 11.5 Å². The first kappa shape index (κ1) is 16.1. The first-order valence-electron chi connectivity index (χ1n) is 8.12. The van der Waals surface area contributed by atoms with Gasteiger partial charge < -0.3 is 9.15 Å². The van der Waals surface area contributed by atoms with E-state index in [-0.39, 0.29) is 5.75 Å². The third-order valence-electron chi connectivity index (χ3n) is 3.93. The van der Waals surface area contributed by atoms with Gasteiger partial charge in [-0.3, -0.25) is 5.11 Å². The van der Waals surface area contributed by atoms with Crippen molar-refractivity contribution in [1.82, 2.24) is 4.98 Å². The van der Waals surface area contributed by atoms with E-state index in [4.69, 9.17) is 9.15 Å². The summed E-state index contributed by atoms with van der Waals surface area (Å²) >= 11 is 0.